The Labute approximate surface area is 136 Å². The Kier molecular flexibility index (Phi) is 6.24. The van der Waals surface area contributed by atoms with Crippen molar-refractivity contribution in [2.75, 3.05) is 13.1 Å². The highest BCUT2D eigenvalue weighted by molar-refractivity contribution is 7.09. The van der Waals surface area contributed by atoms with Crippen molar-refractivity contribution in [1.82, 2.24) is 15.5 Å². The van der Waals surface area contributed by atoms with Crippen LogP contribution < -0.4 is 10.6 Å². The van der Waals surface area contributed by atoms with E-state index in [4.69, 9.17) is 0 Å². The van der Waals surface area contributed by atoms with Gasteiger partial charge in [0.2, 0.25) is 5.91 Å². The molecule has 1 aliphatic heterocycles. The summed E-state index contributed by atoms with van der Waals surface area (Å²) in [6, 6.07) is 3.56. The molecule has 1 aromatic heterocycles. The average molecular weight is 323 g/mol. The second-order valence-electron chi connectivity index (χ2n) is 5.83. The van der Waals surface area contributed by atoms with Gasteiger partial charge in [-0.1, -0.05) is 6.07 Å². The van der Waals surface area contributed by atoms with E-state index in [2.05, 4.69) is 17.6 Å². The SMILES string of the molecule is C[C@@H](NC(=O)NCCc1cccs1)C(=O)N1CCCC[C@@H]1C. The fourth-order valence-electron chi connectivity index (χ4n) is 2.74. The fourth-order valence-corrected chi connectivity index (χ4v) is 3.45. The molecule has 2 N–H and O–H groups in total. The number of piperidine rings is 1. The molecule has 22 heavy (non-hydrogen) atoms. The average Bonchev–Trinajstić information content (AvgIpc) is 3.00. The molecule has 122 valence electrons. The summed E-state index contributed by atoms with van der Waals surface area (Å²) in [6.07, 6.45) is 4.09. The lowest BCUT2D eigenvalue weighted by atomic mass is 10.0. The molecule has 2 atom stereocenters. The van der Waals surface area contributed by atoms with Crippen molar-refractivity contribution < 1.29 is 9.59 Å². The van der Waals surface area contributed by atoms with E-state index in [0.717, 1.165) is 25.8 Å². The Hall–Kier alpha value is -1.56. The molecule has 6 heteroatoms. The van der Waals surface area contributed by atoms with Crippen molar-refractivity contribution in [2.24, 2.45) is 0 Å². The predicted molar refractivity (Wildman–Crippen MR) is 89.0 cm³/mol. The van der Waals surface area contributed by atoms with Crippen LogP contribution in [0.5, 0.6) is 0 Å². The molecule has 1 aromatic rings. The smallest absolute Gasteiger partial charge is 0.315 e. The second-order valence-corrected chi connectivity index (χ2v) is 6.86. The third-order valence-corrected chi connectivity index (χ3v) is 4.98. The highest BCUT2D eigenvalue weighted by atomic mass is 32.1. The van der Waals surface area contributed by atoms with Gasteiger partial charge in [0.25, 0.3) is 0 Å². The number of carbonyl (C=O) groups is 2. The van der Waals surface area contributed by atoms with Gasteiger partial charge in [0.05, 0.1) is 0 Å². The molecule has 1 saturated heterocycles. The number of hydrogen-bond donors (Lipinski definition) is 2. The molecule has 0 saturated carbocycles. The van der Waals surface area contributed by atoms with Crippen LogP contribution in [0.4, 0.5) is 4.79 Å². The first-order valence-electron chi connectivity index (χ1n) is 7.95. The molecule has 0 aromatic carbocycles. The van der Waals surface area contributed by atoms with Crippen LogP contribution in [0.15, 0.2) is 17.5 Å². The van der Waals surface area contributed by atoms with Gasteiger partial charge in [-0.25, -0.2) is 4.79 Å². The number of nitrogens with one attached hydrogen (secondary N) is 2. The van der Waals surface area contributed by atoms with E-state index in [1.807, 2.05) is 22.4 Å². The Morgan fingerprint density at radius 2 is 2.27 bits per heavy atom. The molecule has 5 nitrogen and oxygen atoms in total. The topological polar surface area (TPSA) is 61.4 Å². The van der Waals surface area contributed by atoms with E-state index in [9.17, 15) is 9.59 Å². The minimum Gasteiger partial charge on any atom is -0.338 e. The predicted octanol–water partition coefficient (Wildman–Crippen LogP) is 2.38. The standard InChI is InChI=1S/C16H25N3O2S/c1-12-6-3-4-10-19(12)15(20)13(2)18-16(21)17-9-8-14-7-5-11-22-14/h5,7,11-13H,3-4,6,8-10H2,1-2H3,(H2,17,18,21)/t12-,13+/m0/s1. The van der Waals surface area contributed by atoms with Crippen molar-refractivity contribution in [3.63, 3.8) is 0 Å². The molecule has 0 unspecified atom stereocenters. The summed E-state index contributed by atoms with van der Waals surface area (Å²) >= 11 is 1.68. The van der Waals surface area contributed by atoms with Crippen molar-refractivity contribution in [3.05, 3.63) is 22.4 Å². The van der Waals surface area contributed by atoms with Crippen LogP contribution in [0.2, 0.25) is 0 Å². The number of hydrogen-bond acceptors (Lipinski definition) is 3. The van der Waals surface area contributed by atoms with Crippen LogP contribution in [0.25, 0.3) is 0 Å². The number of likely N-dealkylation sites (tertiary alicyclic amines) is 1. The monoisotopic (exact) mass is 323 g/mol. The fraction of sp³-hybridized carbons (Fsp3) is 0.625. The maximum atomic E-state index is 12.4. The van der Waals surface area contributed by atoms with Gasteiger partial charge in [0.1, 0.15) is 6.04 Å². The Balaban J connectivity index is 1.71. The first-order valence-corrected chi connectivity index (χ1v) is 8.83. The van der Waals surface area contributed by atoms with Crippen LogP contribution in [0.3, 0.4) is 0 Å². The number of rotatable bonds is 5. The Morgan fingerprint density at radius 1 is 1.45 bits per heavy atom. The van der Waals surface area contributed by atoms with Crippen LogP contribution in [0, 0.1) is 0 Å². The summed E-state index contributed by atoms with van der Waals surface area (Å²) in [5.41, 5.74) is 0. The zero-order valence-electron chi connectivity index (χ0n) is 13.3. The molecular formula is C16H25N3O2S. The van der Waals surface area contributed by atoms with Crippen molar-refractivity contribution in [3.8, 4) is 0 Å². The van der Waals surface area contributed by atoms with Crippen LogP contribution in [-0.4, -0.2) is 42.0 Å². The van der Waals surface area contributed by atoms with E-state index in [0.29, 0.717) is 6.54 Å². The van der Waals surface area contributed by atoms with Crippen LogP contribution in [0.1, 0.15) is 38.0 Å². The molecule has 0 bridgehead atoms. The normalized spacial score (nSPS) is 19.5. The summed E-state index contributed by atoms with van der Waals surface area (Å²) in [4.78, 5) is 27.4. The second kappa shape index (κ2) is 8.17. The largest absolute Gasteiger partial charge is 0.338 e. The van der Waals surface area contributed by atoms with Crippen molar-refractivity contribution in [1.29, 1.82) is 0 Å². The molecule has 1 aliphatic rings. The van der Waals surface area contributed by atoms with Crippen molar-refractivity contribution >= 4 is 23.3 Å². The first kappa shape index (κ1) is 16.8. The molecule has 0 aliphatic carbocycles. The number of carbonyl (C=O) groups excluding carboxylic acids is 2. The number of nitrogens with zero attached hydrogens (tertiary/aromatic N) is 1. The van der Waals surface area contributed by atoms with E-state index in [1.165, 1.54) is 11.3 Å². The molecule has 3 amide bonds. The number of thiophene rings is 1. The molecule has 2 rings (SSSR count). The van der Waals surface area contributed by atoms with E-state index >= 15 is 0 Å². The minimum absolute atomic E-state index is 0.0145. The van der Waals surface area contributed by atoms with Crippen molar-refractivity contribution in [2.45, 2.75) is 51.6 Å². The van der Waals surface area contributed by atoms with E-state index < -0.39 is 6.04 Å². The lowest BCUT2D eigenvalue weighted by Crippen LogP contribution is -2.53. The molecule has 0 radical (unpaired) electrons. The van der Waals surface area contributed by atoms with Gasteiger partial charge in [-0.2, -0.15) is 0 Å². The lowest BCUT2D eigenvalue weighted by Gasteiger charge is -2.35. The number of amides is 3. The maximum absolute atomic E-state index is 12.4. The van der Waals surface area contributed by atoms with Crippen LogP contribution >= 0.6 is 11.3 Å². The summed E-state index contributed by atoms with van der Waals surface area (Å²) < 4.78 is 0. The first-order chi connectivity index (χ1) is 10.6. The molecular weight excluding hydrogens is 298 g/mol. The van der Waals surface area contributed by atoms with Gasteiger partial charge >= 0.3 is 6.03 Å². The van der Waals surface area contributed by atoms with Gasteiger partial charge < -0.3 is 15.5 Å². The van der Waals surface area contributed by atoms with Gasteiger partial charge in [-0.15, -0.1) is 11.3 Å². The summed E-state index contributed by atoms with van der Waals surface area (Å²) in [6.45, 7) is 5.20. The lowest BCUT2D eigenvalue weighted by molar-refractivity contribution is -0.136. The maximum Gasteiger partial charge on any atom is 0.315 e. The van der Waals surface area contributed by atoms with Gasteiger partial charge in [-0.3, -0.25) is 4.79 Å². The van der Waals surface area contributed by atoms with E-state index in [1.54, 1.807) is 18.3 Å². The Bertz CT molecular complexity index is 490. The quantitative estimate of drug-likeness (QED) is 0.874. The third kappa shape index (κ3) is 4.73. The van der Waals surface area contributed by atoms with E-state index in [-0.39, 0.29) is 18.0 Å². The van der Waals surface area contributed by atoms with Gasteiger partial charge in [0, 0.05) is 24.0 Å². The van der Waals surface area contributed by atoms with Gasteiger partial charge in [-0.05, 0) is 51.0 Å². The highest BCUT2D eigenvalue weighted by Crippen LogP contribution is 2.17. The van der Waals surface area contributed by atoms with Crippen LogP contribution in [-0.2, 0) is 11.2 Å². The zero-order valence-corrected chi connectivity index (χ0v) is 14.1. The minimum atomic E-state index is -0.484. The molecule has 2 heterocycles. The highest BCUT2D eigenvalue weighted by Gasteiger charge is 2.27. The number of urea groups is 1. The summed E-state index contributed by atoms with van der Waals surface area (Å²) in [7, 11) is 0. The Morgan fingerprint density at radius 3 is 2.95 bits per heavy atom. The molecule has 0 spiro atoms. The molecule has 1 fully saturated rings. The van der Waals surface area contributed by atoms with Gasteiger partial charge in [0.15, 0.2) is 0 Å². The summed E-state index contributed by atoms with van der Waals surface area (Å²) in [5.74, 6) is 0.0145. The summed E-state index contributed by atoms with van der Waals surface area (Å²) in [5, 5.41) is 7.57. The third-order valence-electron chi connectivity index (χ3n) is 4.04. The zero-order chi connectivity index (χ0) is 15.9.